The van der Waals surface area contributed by atoms with Crippen LogP contribution < -0.4 is 5.14 Å². The third-order valence-electron chi connectivity index (χ3n) is 4.64. The second-order valence-corrected chi connectivity index (χ2v) is 10.2. The number of amides is 1. The van der Waals surface area contributed by atoms with Gasteiger partial charge in [0.05, 0.1) is 12.1 Å². The van der Waals surface area contributed by atoms with E-state index in [2.05, 4.69) is 9.35 Å². The number of rotatable bonds is 6. The van der Waals surface area contributed by atoms with Gasteiger partial charge in [0.2, 0.25) is 11.0 Å². The molecule has 1 heterocycles. The lowest BCUT2D eigenvalue weighted by Gasteiger charge is -2.19. The topological polar surface area (TPSA) is 119 Å². The van der Waals surface area contributed by atoms with Crippen molar-refractivity contribution in [1.82, 2.24) is 4.98 Å². The largest absolute Gasteiger partial charge is 0.426 e. The maximum Gasteiger partial charge on any atom is 0.259 e. The van der Waals surface area contributed by atoms with Crippen LogP contribution in [-0.2, 0) is 26.7 Å². The Morgan fingerprint density at radius 2 is 1.77 bits per heavy atom. The molecule has 0 spiro atoms. The van der Waals surface area contributed by atoms with Crippen molar-refractivity contribution in [2.45, 2.75) is 77.4 Å². The molecular formula is C21H30FN3O4S. The number of hydrogen-bond donors (Lipinski definition) is 2. The molecule has 2 rings (SSSR count). The van der Waals surface area contributed by atoms with E-state index >= 15 is 0 Å². The summed E-state index contributed by atoms with van der Waals surface area (Å²) < 4.78 is 36.1. The van der Waals surface area contributed by atoms with Gasteiger partial charge in [-0.05, 0) is 61.4 Å². The third-order valence-corrected chi connectivity index (χ3v) is 6.02. The Morgan fingerprint density at radius 1 is 1.27 bits per heavy atom. The number of aryl methyl sites for hydroxylation is 1. The first-order valence-electron chi connectivity index (χ1n) is 9.73. The highest BCUT2D eigenvalue weighted by Crippen LogP contribution is 2.30. The molecule has 9 heteroatoms. The van der Waals surface area contributed by atoms with E-state index in [9.17, 15) is 18.5 Å². The standard InChI is InChI=1S/C21H30FN3O4S/c1-11(2)15-8-14(22)9-16(12(3)4)17(15)10-18(26)25-30(23,28)19-13(5)24-20(29-19)21(6,7)27/h8-9,11-12,27H,10H2,1-7H3,(H2,23,25,26,28). The third kappa shape index (κ3) is 5.33. The summed E-state index contributed by atoms with van der Waals surface area (Å²) in [4.78, 5) is 16.8. The van der Waals surface area contributed by atoms with E-state index in [-0.39, 0.29) is 40.8 Å². The van der Waals surface area contributed by atoms with E-state index < -0.39 is 21.4 Å². The summed E-state index contributed by atoms with van der Waals surface area (Å²) in [7, 11) is -3.71. The summed E-state index contributed by atoms with van der Waals surface area (Å²) in [5.74, 6) is -1.19. The summed E-state index contributed by atoms with van der Waals surface area (Å²) in [6, 6.07) is 2.82. The molecule has 0 saturated carbocycles. The van der Waals surface area contributed by atoms with E-state index in [4.69, 9.17) is 9.56 Å². The fraction of sp³-hybridized carbons (Fsp3) is 0.524. The summed E-state index contributed by atoms with van der Waals surface area (Å²) >= 11 is 0. The Bertz CT molecular complexity index is 1050. The summed E-state index contributed by atoms with van der Waals surface area (Å²) in [6.45, 7) is 12.1. The number of aliphatic hydroxyl groups is 1. The van der Waals surface area contributed by atoms with Crippen LogP contribution >= 0.6 is 0 Å². The van der Waals surface area contributed by atoms with Gasteiger partial charge in [0, 0.05) is 0 Å². The van der Waals surface area contributed by atoms with Crippen molar-refractivity contribution in [2.24, 2.45) is 9.50 Å². The van der Waals surface area contributed by atoms with Crippen LogP contribution in [0.1, 0.15) is 81.7 Å². The minimum absolute atomic E-state index is 0.0194. The number of aromatic nitrogens is 1. The average Bonchev–Trinajstić information content (AvgIpc) is 2.98. The zero-order valence-corrected chi connectivity index (χ0v) is 19.3. The van der Waals surface area contributed by atoms with Crippen LogP contribution in [0.15, 0.2) is 26.0 Å². The average molecular weight is 440 g/mol. The molecule has 1 aromatic carbocycles. The van der Waals surface area contributed by atoms with Gasteiger partial charge >= 0.3 is 0 Å². The molecule has 1 unspecified atom stereocenters. The van der Waals surface area contributed by atoms with Crippen LogP contribution in [0.2, 0.25) is 0 Å². The van der Waals surface area contributed by atoms with Crippen molar-refractivity contribution in [2.75, 3.05) is 0 Å². The molecule has 3 N–H and O–H groups in total. The predicted octanol–water partition coefficient (Wildman–Crippen LogP) is 4.07. The SMILES string of the molecule is Cc1nc(C(C)(C)O)oc1S(N)(=O)=NC(=O)Cc1c(C(C)C)cc(F)cc1C(C)C. The number of halogens is 1. The van der Waals surface area contributed by atoms with Gasteiger partial charge in [0.1, 0.15) is 11.4 Å². The fourth-order valence-corrected chi connectivity index (χ4v) is 4.32. The van der Waals surface area contributed by atoms with Crippen molar-refractivity contribution >= 4 is 15.8 Å². The Kier molecular flexibility index (Phi) is 6.90. The number of hydrogen-bond acceptors (Lipinski definition) is 5. The first kappa shape index (κ1) is 24.2. The van der Waals surface area contributed by atoms with Crippen LogP contribution in [0.3, 0.4) is 0 Å². The molecule has 0 aliphatic rings. The van der Waals surface area contributed by atoms with Gasteiger partial charge in [-0.3, -0.25) is 4.79 Å². The summed E-state index contributed by atoms with van der Waals surface area (Å²) in [6.07, 6.45) is -0.166. The lowest BCUT2D eigenvalue weighted by molar-refractivity contribution is -0.117. The van der Waals surface area contributed by atoms with E-state index in [1.165, 1.54) is 32.9 Å². The van der Waals surface area contributed by atoms with Crippen LogP contribution in [0.5, 0.6) is 0 Å². The zero-order chi connectivity index (χ0) is 23.0. The molecule has 1 aromatic heterocycles. The molecule has 0 aliphatic carbocycles. The minimum Gasteiger partial charge on any atom is -0.426 e. The highest BCUT2D eigenvalue weighted by atomic mass is 32.2. The van der Waals surface area contributed by atoms with Gasteiger partial charge in [0.25, 0.3) is 5.91 Å². The second kappa shape index (κ2) is 8.56. The lowest BCUT2D eigenvalue weighted by Crippen LogP contribution is -2.18. The van der Waals surface area contributed by atoms with E-state index in [0.717, 1.165) is 0 Å². The molecular weight excluding hydrogens is 409 g/mol. The molecule has 1 atom stereocenters. The smallest absolute Gasteiger partial charge is 0.259 e. The molecule has 0 aliphatic heterocycles. The molecule has 0 fully saturated rings. The van der Waals surface area contributed by atoms with Crippen LogP contribution in [0, 0.1) is 12.7 Å². The molecule has 0 radical (unpaired) electrons. The number of benzene rings is 1. The van der Waals surface area contributed by atoms with Crippen molar-refractivity contribution in [3.63, 3.8) is 0 Å². The summed E-state index contributed by atoms with van der Waals surface area (Å²) in [5.41, 5.74) is 0.840. The zero-order valence-electron chi connectivity index (χ0n) is 18.4. The highest BCUT2D eigenvalue weighted by Gasteiger charge is 2.28. The molecule has 30 heavy (non-hydrogen) atoms. The highest BCUT2D eigenvalue weighted by molar-refractivity contribution is 7.91. The molecule has 7 nitrogen and oxygen atoms in total. The van der Waals surface area contributed by atoms with E-state index in [1.807, 2.05) is 27.7 Å². The van der Waals surface area contributed by atoms with Gasteiger partial charge in [-0.15, -0.1) is 4.36 Å². The second-order valence-electron chi connectivity index (χ2n) is 8.55. The summed E-state index contributed by atoms with van der Waals surface area (Å²) in [5, 5.41) is 15.6. The first-order valence-corrected chi connectivity index (χ1v) is 11.3. The normalized spacial score (nSPS) is 14.3. The molecule has 0 saturated heterocycles. The quantitative estimate of drug-likeness (QED) is 0.703. The fourth-order valence-electron chi connectivity index (χ4n) is 3.21. The molecule has 1 amide bonds. The van der Waals surface area contributed by atoms with Gasteiger partial charge in [-0.25, -0.2) is 18.7 Å². The van der Waals surface area contributed by atoms with Crippen molar-refractivity contribution in [1.29, 1.82) is 0 Å². The van der Waals surface area contributed by atoms with Gasteiger partial charge in [0.15, 0.2) is 9.92 Å². The van der Waals surface area contributed by atoms with E-state index in [0.29, 0.717) is 16.7 Å². The molecule has 166 valence electrons. The van der Waals surface area contributed by atoms with Gasteiger partial charge < -0.3 is 9.52 Å². The van der Waals surface area contributed by atoms with Crippen LogP contribution in [0.25, 0.3) is 0 Å². The van der Waals surface area contributed by atoms with Crippen molar-refractivity contribution < 1.29 is 22.9 Å². The Morgan fingerprint density at radius 3 is 2.17 bits per heavy atom. The number of oxazole rings is 1. The van der Waals surface area contributed by atoms with Gasteiger partial charge in [-0.1, -0.05) is 27.7 Å². The molecule has 0 bridgehead atoms. The van der Waals surface area contributed by atoms with E-state index in [1.54, 1.807) is 0 Å². The van der Waals surface area contributed by atoms with Crippen LogP contribution in [-0.4, -0.2) is 20.2 Å². The number of nitrogens with zero attached hydrogens (tertiary/aromatic N) is 2. The van der Waals surface area contributed by atoms with Crippen molar-refractivity contribution in [3.8, 4) is 0 Å². The first-order chi connectivity index (χ1) is 13.6. The van der Waals surface area contributed by atoms with Gasteiger partial charge in [-0.2, -0.15) is 0 Å². The maximum atomic E-state index is 14.1. The van der Waals surface area contributed by atoms with Crippen LogP contribution in [0.4, 0.5) is 4.39 Å². The Balaban J connectivity index is 2.50. The number of nitrogens with two attached hydrogens (primary N) is 1. The maximum absolute atomic E-state index is 14.1. The number of carbonyl (C=O) groups is 1. The minimum atomic E-state index is -3.71. The Hall–Kier alpha value is -2.10. The monoisotopic (exact) mass is 439 g/mol. The predicted molar refractivity (Wildman–Crippen MR) is 113 cm³/mol. The Labute approximate surface area is 177 Å². The number of carbonyl (C=O) groups excluding carboxylic acids is 1. The lowest BCUT2D eigenvalue weighted by atomic mass is 9.87. The van der Waals surface area contributed by atoms with Crippen molar-refractivity contribution in [3.05, 3.63) is 46.2 Å². The molecule has 2 aromatic rings.